The first kappa shape index (κ1) is 18.7. The molecule has 0 spiro atoms. The number of phenolic OH excluding ortho intramolecular Hbond substituents is 1. The summed E-state index contributed by atoms with van der Waals surface area (Å²) in [5, 5.41) is 14.9. The van der Waals surface area contributed by atoms with Gasteiger partial charge in [-0.1, -0.05) is 72.8 Å². The van der Waals surface area contributed by atoms with E-state index in [4.69, 9.17) is 9.97 Å². The molecule has 0 saturated carbocycles. The first-order chi connectivity index (χ1) is 17.3. The third-order valence-electron chi connectivity index (χ3n) is 7.25. The van der Waals surface area contributed by atoms with Gasteiger partial charge in [-0.15, -0.1) is 0 Å². The third-order valence-corrected chi connectivity index (χ3v) is 7.25. The highest BCUT2D eigenvalue weighted by atomic mass is 16.3. The maximum atomic E-state index is 10.4. The zero-order valence-electron chi connectivity index (χ0n) is 18.7. The average Bonchev–Trinajstić information content (AvgIpc) is 3.47. The van der Waals surface area contributed by atoms with Gasteiger partial charge in [0, 0.05) is 33.4 Å². The predicted octanol–water partition coefficient (Wildman–Crippen LogP) is 6.36. The lowest BCUT2D eigenvalue weighted by atomic mass is 9.90. The molecule has 0 fully saturated rings. The van der Waals surface area contributed by atoms with Crippen molar-refractivity contribution in [1.82, 2.24) is 14.4 Å². The van der Waals surface area contributed by atoms with Crippen molar-refractivity contribution in [2.24, 2.45) is 0 Å². The molecule has 1 aliphatic carbocycles. The minimum Gasteiger partial charge on any atom is -0.508 e. The predicted molar refractivity (Wildman–Crippen MR) is 143 cm³/mol. The van der Waals surface area contributed by atoms with E-state index in [1.165, 1.54) is 11.1 Å². The molecule has 0 bridgehead atoms. The Morgan fingerprint density at radius 1 is 0.743 bits per heavy atom. The standard InChI is InChI=1S/C31H19N3O/c35-20-11-14-26-28(17-20)34-30-22(13-15-27-29(30)23-8-4-5-9-25(23)32-27)21-12-10-19(16-24(21)31(34)33-26)18-6-2-1-3-7-18/h1-17,19,35H. The van der Waals surface area contributed by atoms with Crippen LogP contribution in [0.2, 0.25) is 0 Å². The van der Waals surface area contributed by atoms with Crippen LogP contribution in [0, 0.1) is 0 Å². The van der Waals surface area contributed by atoms with Crippen LogP contribution in [0.5, 0.6) is 5.75 Å². The van der Waals surface area contributed by atoms with Gasteiger partial charge in [-0.25, -0.2) is 9.97 Å². The fourth-order valence-corrected chi connectivity index (χ4v) is 5.70. The number of imidazole rings is 1. The van der Waals surface area contributed by atoms with Crippen LogP contribution in [-0.4, -0.2) is 19.5 Å². The number of fused-ring (bicyclic) bond motifs is 12. The van der Waals surface area contributed by atoms with Crippen molar-refractivity contribution in [3.63, 3.8) is 0 Å². The number of para-hydroxylation sites is 1. The highest BCUT2D eigenvalue weighted by Crippen LogP contribution is 2.37. The normalized spacial score (nSPS) is 15.4. The lowest BCUT2D eigenvalue weighted by molar-refractivity contribution is 0.476. The monoisotopic (exact) mass is 449 g/mol. The highest BCUT2D eigenvalue weighted by molar-refractivity contribution is 6.21. The number of pyridine rings is 1. The molecule has 164 valence electrons. The summed E-state index contributed by atoms with van der Waals surface area (Å²) in [5.41, 5.74) is 8.11. The zero-order chi connectivity index (χ0) is 23.1. The number of benzene rings is 4. The Morgan fingerprint density at radius 3 is 2.49 bits per heavy atom. The second kappa shape index (κ2) is 6.67. The molecule has 1 N–H and O–H groups in total. The average molecular weight is 450 g/mol. The van der Waals surface area contributed by atoms with Gasteiger partial charge in [0.05, 0.1) is 27.6 Å². The maximum Gasteiger partial charge on any atom is 0.146 e. The molecule has 1 aliphatic rings. The molecule has 7 aromatic rings. The van der Waals surface area contributed by atoms with Gasteiger partial charge < -0.3 is 5.11 Å². The largest absolute Gasteiger partial charge is 0.508 e. The van der Waals surface area contributed by atoms with Gasteiger partial charge in [0.25, 0.3) is 0 Å². The van der Waals surface area contributed by atoms with E-state index in [-0.39, 0.29) is 11.7 Å². The van der Waals surface area contributed by atoms with Crippen molar-refractivity contribution < 1.29 is 5.11 Å². The number of nitrogens with zero attached hydrogens (tertiary/aromatic N) is 3. The van der Waals surface area contributed by atoms with Crippen molar-refractivity contribution in [2.75, 3.05) is 0 Å². The summed E-state index contributed by atoms with van der Waals surface area (Å²) in [5.74, 6) is 0.400. The van der Waals surface area contributed by atoms with Crippen LogP contribution in [0.25, 0.3) is 61.5 Å². The minimum atomic E-state index is 0.170. The topological polar surface area (TPSA) is 50.4 Å². The minimum absolute atomic E-state index is 0.170. The molecule has 3 heterocycles. The van der Waals surface area contributed by atoms with Crippen LogP contribution < -0.4 is 5.22 Å². The highest BCUT2D eigenvalue weighted by Gasteiger charge is 2.21. The molecule has 1 unspecified atom stereocenters. The van der Waals surface area contributed by atoms with Crippen LogP contribution in [0.4, 0.5) is 0 Å². The van der Waals surface area contributed by atoms with E-state index in [9.17, 15) is 5.11 Å². The van der Waals surface area contributed by atoms with Crippen molar-refractivity contribution in [3.8, 4) is 5.75 Å². The van der Waals surface area contributed by atoms with Gasteiger partial charge in [-0.3, -0.25) is 4.40 Å². The van der Waals surface area contributed by atoms with Crippen LogP contribution >= 0.6 is 0 Å². The molecule has 3 aromatic heterocycles. The summed E-state index contributed by atoms with van der Waals surface area (Å²) in [7, 11) is 0. The van der Waals surface area contributed by atoms with Gasteiger partial charge in [0.1, 0.15) is 11.4 Å². The summed E-state index contributed by atoms with van der Waals surface area (Å²) in [6.07, 6.45) is 6.83. The molecular weight excluding hydrogens is 430 g/mol. The first-order valence-corrected chi connectivity index (χ1v) is 11.8. The molecule has 0 saturated heterocycles. The van der Waals surface area contributed by atoms with Gasteiger partial charge >= 0.3 is 0 Å². The number of rotatable bonds is 1. The Balaban J connectivity index is 1.63. The quantitative estimate of drug-likeness (QED) is 0.317. The van der Waals surface area contributed by atoms with Crippen LogP contribution in [0.1, 0.15) is 17.0 Å². The number of phenols is 1. The Hall–Kier alpha value is -4.70. The fraction of sp³-hybridized carbons (Fsp3) is 0.0323. The van der Waals surface area contributed by atoms with Crippen molar-refractivity contribution in [1.29, 1.82) is 0 Å². The van der Waals surface area contributed by atoms with Crippen molar-refractivity contribution in [3.05, 3.63) is 107 Å². The van der Waals surface area contributed by atoms with E-state index in [0.717, 1.165) is 54.6 Å². The summed E-state index contributed by atoms with van der Waals surface area (Å²) in [4.78, 5) is 9.99. The second-order valence-electron chi connectivity index (χ2n) is 9.22. The molecule has 35 heavy (non-hydrogen) atoms. The first-order valence-electron chi connectivity index (χ1n) is 11.8. The molecule has 4 heteroatoms. The Labute approximate surface area is 200 Å². The summed E-state index contributed by atoms with van der Waals surface area (Å²) in [6, 6.07) is 28.5. The van der Waals surface area contributed by atoms with Crippen LogP contribution in [-0.2, 0) is 0 Å². The molecule has 8 rings (SSSR count). The van der Waals surface area contributed by atoms with E-state index in [0.29, 0.717) is 0 Å². The molecule has 1 atom stereocenters. The van der Waals surface area contributed by atoms with Gasteiger partial charge in [-0.05, 0) is 35.4 Å². The number of aromatic nitrogens is 3. The van der Waals surface area contributed by atoms with Crippen LogP contribution in [0.15, 0.2) is 91.0 Å². The number of aromatic hydroxyl groups is 1. The third kappa shape index (κ3) is 2.51. The smallest absolute Gasteiger partial charge is 0.146 e. The van der Waals surface area contributed by atoms with Crippen molar-refractivity contribution >= 4 is 61.5 Å². The Morgan fingerprint density at radius 2 is 1.57 bits per heavy atom. The van der Waals surface area contributed by atoms with Gasteiger partial charge in [0.2, 0.25) is 0 Å². The molecule has 0 aliphatic heterocycles. The van der Waals surface area contributed by atoms with Crippen molar-refractivity contribution in [2.45, 2.75) is 5.92 Å². The number of hydrogen-bond acceptors (Lipinski definition) is 3. The lowest BCUT2D eigenvalue weighted by Crippen LogP contribution is -2.17. The fourth-order valence-electron chi connectivity index (χ4n) is 5.70. The van der Waals surface area contributed by atoms with E-state index in [1.54, 1.807) is 6.07 Å². The van der Waals surface area contributed by atoms with E-state index in [2.05, 4.69) is 77.2 Å². The van der Waals surface area contributed by atoms with Crippen LogP contribution in [0.3, 0.4) is 0 Å². The summed E-state index contributed by atoms with van der Waals surface area (Å²) < 4.78 is 2.22. The Bertz CT molecular complexity index is 2070. The lowest BCUT2D eigenvalue weighted by Gasteiger charge is -2.17. The van der Waals surface area contributed by atoms with Gasteiger partial charge in [-0.2, -0.15) is 0 Å². The SMILES string of the molecule is Oc1ccc2nc3c4c(c5ccc6nc7ccccc7c6c5n3c2c1)C=CC(c1ccccc1)C=4. The molecule has 0 amide bonds. The molecule has 4 aromatic carbocycles. The molecule has 0 radical (unpaired) electrons. The number of allylic oxidation sites excluding steroid dienone is 1. The van der Waals surface area contributed by atoms with Gasteiger partial charge in [0.15, 0.2) is 0 Å². The Kier molecular flexibility index (Phi) is 3.56. The van der Waals surface area contributed by atoms with E-state index in [1.807, 2.05) is 24.3 Å². The zero-order valence-corrected chi connectivity index (χ0v) is 18.7. The summed E-state index contributed by atoms with van der Waals surface area (Å²) >= 11 is 0. The number of hydrogen-bond donors (Lipinski definition) is 1. The molecule has 4 nitrogen and oxygen atoms in total. The van der Waals surface area contributed by atoms with E-state index < -0.39 is 0 Å². The maximum absolute atomic E-state index is 10.4. The second-order valence-corrected chi connectivity index (χ2v) is 9.22. The summed E-state index contributed by atoms with van der Waals surface area (Å²) in [6.45, 7) is 0. The molecular formula is C31H19N3O. The van der Waals surface area contributed by atoms with E-state index >= 15 is 0 Å².